The molecule has 0 fully saturated rings. The monoisotopic (exact) mass is 342 g/mol. The van der Waals surface area contributed by atoms with Crippen molar-refractivity contribution in [1.82, 2.24) is 0 Å². The third kappa shape index (κ3) is 4.07. The molecule has 3 aromatic rings. The molecule has 0 heterocycles. The molecule has 26 heavy (non-hydrogen) atoms. The molecule has 134 valence electrons. The van der Waals surface area contributed by atoms with Gasteiger partial charge in [0.2, 0.25) is 0 Å². The molecule has 0 bridgehead atoms. The van der Waals surface area contributed by atoms with Gasteiger partial charge in [-0.05, 0) is 93.3 Å². The number of benzene rings is 3. The van der Waals surface area contributed by atoms with Crippen LogP contribution in [0.15, 0.2) is 48.5 Å². The molecule has 0 unspecified atom stereocenters. The van der Waals surface area contributed by atoms with Gasteiger partial charge < -0.3 is 0 Å². The highest BCUT2D eigenvalue weighted by Crippen LogP contribution is 2.25. The van der Waals surface area contributed by atoms with Gasteiger partial charge in [0.05, 0.1) is 0 Å². The van der Waals surface area contributed by atoms with Crippen LogP contribution in [0, 0.1) is 41.5 Å². The van der Waals surface area contributed by atoms with Crippen LogP contribution in [0.2, 0.25) is 0 Å². The maximum Gasteiger partial charge on any atom is -0.00202 e. The molecule has 0 aliphatic carbocycles. The molecule has 0 aliphatic heterocycles. The van der Waals surface area contributed by atoms with Crippen LogP contribution >= 0.6 is 0 Å². The molecular weight excluding hydrogens is 312 g/mol. The van der Waals surface area contributed by atoms with Crippen LogP contribution in [0.4, 0.5) is 0 Å². The Labute approximate surface area is 158 Å². The van der Waals surface area contributed by atoms with Crippen molar-refractivity contribution in [3.63, 3.8) is 0 Å². The summed E-state index contributed by atoms with van der Waals surface area (Å²) < 4.78 is 0. The van der Waals surface area contributed by atoms with Gasteiger partial charge in [0, 0.05) is 0 Å². The van der Waals surface area contributed by atoms with E-state index in [0.717, 1.165) is 12.8 Å². The predicted molar refractivity (Wildman–Crippen MR) is 113 cm³/mol. The molecule has 0 heteroatoms. The summed E-state index contributed by atoms with van der Waals surface area (Å²) in [6.45, 7) is 13.3. The zero-order chi connectivity index (χ0) is 18.8. The van der Waals surface area contributed by atoms with Crippen molar-refractivity contribution < 1.29 is 0 Å². The standard InChI is InChI=1S/C26H30/c1-17-7-9-20(4)23(11-17)15-25-13-19(3)14-26(22(25)6)16-24-12-18(2)8-10-21(24)5/h7-14H,15-16H2,1-6H3. The Morgan fingerprint density at radius 1 is 0.462 bits per heavy atom. The molecule has 3 aromatic carbocycles. The van der Waals surface area contributed by atoms with Crippen LogP contribution in [0.25, 0.3) is 0 Å². The van der Waals surface area contributed by atoms with Gasteiger partial charge in [0.15, 0.2) is 0 Å². The molecule has 0 atom stereocenters. The quantitative estimate of drug-likeness (QED) is 0.494. The van der Waals surface area contributed by atoms with Crippen LogP contribution in [-0.2, 0) is 12.8 Å². The Balaban J connectivity index is 1.98. The second-order valence-corrected chi connectivity index (χ2v) is 7.92. The van der Waals surface area contributed by atoms with Crippen LogP contribution in [0.3, 0.4) is 0 Å². The summed E-state index contributed by atoms with van der Waals surface area (Å²) in [7, 11) is 0. The third-order valence-electron chi connectivity index (χ3n) is 5.54. The van der Waals surface area contributed by atoms with E-state index in [9.17, 15) is 0 Å². The second-order valence-electron chi connectivity index (χ2n) is 7.92. The van der Waals surface area contributed by atoms with Gasteiger partial charge in [-0.25, -0.2) is 0 Å². The van der Waals surface area contributed by atoms with Crippen molar-refractivity contribution in [2.45, 2.75) is 54.4 Å². The first-order valence-electron chi connectivity index (χ1n) is 9.54. The van der Waals surface area contributed by atoms with Gasteiger partial charge in [-0.1, -0.05) is 65.2 Å². The van der Waals surface area contributed by atoms with E-state index in [1.54, 1.807) is 0 Å². The molecular formula is C26H30. The molecule has 0 amide bonds. The van der Waals surface area contributed by atoms with E-state index in [1.165, 1.54) is 55.6 Å². The van der Waals surface area contributed by atoms with Gasteiger partial charge in [0.25, 0.3) is 0 Å². The van der Waals surface area contributed by atoms with E-state index >= 15 is 0 Å². The largest absolute Gasteiger partial charge is 0.0590 e. The van der Waals surface area contributed by atoms with Crippen molar-refractivity contribution in [1.29, 1.82) is 0 Å². The van der Waals surface area contributed by atoms with Crippen LogP contribution < -0.4 is 0 Å². The lowest BCUT2D eigenvalue weighted by molar-refractivity contribution is 1.06. The van der Waals surface area contributed by atoms with E-state index in [4.69, 9.17) is 0 Å². The highest BCUT2D eigenvalue weighted by atomic mass is 14.2. The summed E-state index contributed by atoms with van der Waals surface area (Å²) >= 11 is 0. The lowest BCUT2D eigenvalue weighted by Crippen LogP contribution is -2.02. The van der Waals surface area contributed by atoms with Crippen molar-refractivity contribution >= 4 is 0 Å². The average Bonchev–Trinajstić information content (AvgIpc) is 2.58. The third-order valence-corrected chi connectivity index (χ3v) is 5.54. The Morgan fingerprint density at radius 2 is 0.846 bits per heavy atom. The lowest BCUT2D eigenvalue weighted by atomic mass is 9.89. The minimum Gasteiger partial charge on any atom is -0.0590 e. The zero-order valence-corrected chi connectivity index (χ0v) is 17.0. The summed E-state index contributed by atoms with van der Waals surface area (Å²) in [6, 6.07) is 18.3. The van der Waals surface area contributed by atoms with Crippen LogP contribution in [0.1, 0.15) is 55.6 Å². The van der Waals surface area contributed by atoms with Gasteiger partial charge in [-0.3, -0.25) is 0 Å². The zero-order valence-electron chi connectivity index (χ0n) is 17.0. The van der Waals surface area contributed by atoms with Crippen LogP contribution in [-0.4, -0.2) is 0 Å². The fourth-order valence-electron chi connectivity index (χ4n) is 3.77. The Kier molecular flexibility index (Phi) is 5.32. The lowest BCUT2D eigenvalue weighted by Gasteiger charge is -2.16. The Hall–Kier alpha value is -2.34. The molecule has 0 spiro atoms. The highest BCUT2D eigenvalue weighted by Gasteiger charge is 2.10. The predicted octanol–water partition coefficient (Wildman–Crippen LogP) is 6.72. The SMILES string of the molecule is Cc1ccc(C)c(Cc2cc(C)cc(Cc3cc(C)ccc3C)c2C)c1. The molecule has 3 rings (SSSR count). The fourth-order valence-corrected chi connectivity index (χ4v) is 3.77. The summed E-state index contributed by atoms with van der Waals surface area (Å²) in [4.78, 5) is 0. The van der Waals surface area contributed by atoms with E-state index < -0.39 is 0 Å². The van der Waals surface area contributed by atoms with Gasteiger partial charge in [-0.15, -0.1) is 0 Å². The van der Waals surface area contributed by atoms with Gasteiger partial charge in [0.1, 0.15) is 0 Å². The topological polar surface area (TPSA) is 0 Å². The van der Waals surface area contributed by atoms with Crippen molar-refractivity contribution in [2.75, 3.05) is 0 Å². The van der Waals surface area contributed by atoms with Crippen molar-refractivity contribution in [3.05, 3.63) is 104 Å². The molecule has 0 N–H and O–H groups in total. The van der Waals surface area contributed by atoms with E-state index in [-0.39, 0.29) is 0 Å². The van der Waals surface area contributed by atoms with E-state index in [0.29, 0.717) is 0 Å². The number of hydrogen-bond donors (Lipinski definition) is 0. The second kappa shape index (κ2) is 7.50. The number of hydrogen-bond acceptors (Lipinski definition) is 0. The molecule has 0 aliphatic rings. The normalized spacial score (nSPS) is 11.0. The van der Waals surface area contributed by atoms with Crippen molar-refractivity contribution in [2.24, 2.45) is 0 Å². The average molecular weight is 343 g/mol. The first-order chi connectivity index (χ1) is 12.3. The Bertz CT molecular complexity index is 870. The summed E-state index contributed by atoms with van der Waals surface area (Å²) in [5.41, 5.74) is 14.0. The number of rotatable bonds is 4. The van der Waals surface area contributed by atoms with Crippen LogP contribution in [0.5, 0.6) is 0 Å². The minimum absolute atomic E-state index is 1.01. The highest BCUT2D eigenvalue weighted by molar-refractivity contribution is 5.45. The molecule has 0 saturated carbocycles. The Morgan fingerprint density at radius 3 is 1.27 bits per heavy atom. The molecule has 0 nitrogen and oxygen atoms in total. The summed E-state index contributed by atoms with van der Waals surface area (Å²) in [5.74, 6) is 0. The smallest absolute Gasteiger partial charge is 0.00202 e. The van der Waals surface area contributed by atoms with E-state index in [2.05, 4.69) is 90.1 Å². The maximum absolute atomic E-state index is 2.36. The molecule has 0 saturated heterocycles. The molecule has 0 radical (unpaired) electrons. The summed E-state index contributed by atoms with van der Waals surface area (Å²) in [6.07, 6.45) is 2.03. The van der Waals surface area contributed by atoms with Gasteiger partial charge in [-0.2, -0.15) is 0 Å². The molecule has 0 aromatic heterocycles. The maximum atomic E-state index is 2.36. The first kappa shape index (κ1) is 18.5. The number of aryl methyl sites for hydroxylation is 5. The fraction of sp³-hybridized carbons (Fsp3) is 0.308. The summed E-state index contributed by atoms with van der Waals surface area (Å²) in [5, 5.41) is 0. The first-order valence-corrected chi connectivity index (χ1v) is 9.54. The van der Waals surface area contributed by atoms with Gasteiger partial charge >= 0.3 is 0 Å². The minimum atomic E-state index is 1.01. The van der Waals surface area contributed by atoms with Crippen molar-refractivity contribution in [3.8, 4) is 0 Å². The van der Waals surface area contributed by atoms with E-state index in [1.807, 2.05) is 0 Å².